The minimum absolute atomic E-state index is 0.152. The van der Waals surface area contributed by atoms with E-state index in [1.165, 1.54) is 11.3 Å². The van der Waals surface area contributed by atoms with Crippen LogP contribution in [-0.4, -0.2) is 19.6 Å². The van der Waals surface area contributed by atoms with Gasteiger partial charge in [-0.05, 0) is 25.1 Å². The number of hydrogen-bond donors (Lipinski definition) is 2. The van der Waals surface area contributed by atoms with Gasteiger partial charge in [0.05, 0.1) is 12.8 Å². The fourth-order valence-electron chi connectivity index (χ4n) is 1.84. The molecule has 0 radical (unpaired) electrons. The topological polar surface area (TPSA) is 64.3 Å². The zero-order valence-electron chi connectivity index (χ0n) is 11.4. The summed E-state index contributed by atoms with van der Waals surface area (Å²) in [7, 11) is 1.61. The summed E-state index contributed by atoms with van der Waals surface area (Å²) in [4.78, 5) is 12.6. The molecular weight excluding hydrogens is 272 g/mol. The van der Waals surface area contributed by atoms with Crippen molar-refractivity contribution in [3.63, 3.8) is 0 Å². The van der Waals surface area contributed by atoms with E-state index in [9.17, 15) is 4.79 Å². The molecule has 4 nitrogen and oxygen atoms in total. The first-order valence-corrected chi connectivity index (χ1v) is 7.03. The molecule has 104 valence electrons. The molecule has 2 aromatic rings. The molecule has 3 N–H and O–H groups in total. The van der Waals surface area contributed by atoms with Crippen molar-refractivity contribution >= 4 is 33.0 Å². The molecule has 0 spiro atoms. The number of rotatable bonds is 4. The van der Waals surface area contributed by atoms with Gasteiger partial charge in [-0.3, -0.25) is 4.79 Å². The largest absolute Gasteiger partial charge is 0.497 e. The molecule has 1 aromatic carbocycles. The average molecular weight is 288 g/mol. The molecule has 0 atom stereocenters. The highest BCUT2D eigenvalue weighted by Crippen LogP contribution is 2.35. The van der Waals surface area contributed by atoms with Gasteiger partial charge in [0.2, 0.25) is 0 Å². The molecule has 0 bridgehead atoms. The van der Waals surface area contributed by atoms with Crippen LogP contribution in [-0.2, 0) is 0 Å². The molecule has 1 heterocycles. The summed E-state index contributed by atoms with van der Waals surface area (Å²) in [6.45, 7) is 2.30. The second-order valence-electron chi connectivity index (χ2n) is 4.14. The van der Waals surface area contributed by atoms with Gasteiger partial charge in [0.25, 0.3) is 5.91 Å². The van der Waals surface area contributed by atoms with Gasteiger partial charge < -0.3 is 15.8 Å². The van der Waals surface area contributed by atoms with Crippen LogP contribution in [0.15, 0.2) is 18.2 Å². The number of methoxy groups -OCH3 is 1. The van der Waals surface area contributed by atoms with Crippen LogP contribution in [0.1, 0.15) is 23.0 Å². The Morgan fingerprint density at radius 3 is 3.00 bits per heavy atom. The van der Waals surface area contributed by atoms with E-state index in [0.717, 1.165) is 15.8 Å². The molecule has 0 fully saturated rings. The molecule has 1 aromatic heterocycles. The zero-order valence-corrected chi connectivity index (χ0v) is 12.3. The van der Waals surface area contributed by atoms with E-state index < -0.39 is 0 Å². The SMILES string of the molecule is CC#CCCNC(=O)c1sc2cc(OC)ccc2c1N. The zero-order chi connectivity index (χ0) is 14.5. The third kappa shape index (κ3) is 2.86. The highest BCUT2D eigenvalue weighted by Gasteiger charge is 2.16. The Morgan fingerprint density at radius 2 is 2.30 bits per heavy atom. The van der Waals surface area contributed by atoms with Crippen LogP contribution in [0, 0.1) is 11.8 Å². The predicted molar refractivity (Wildman–Crippen MR) is 83.2 cm³/mol. The van der Waals surface area contributed by atoms with Crippen molar-refractivity contribution in [2.75, 3.05) is 19.4 Å². The van der Waals surface area contributed by atoms with Crippen molar-refractivity contribution in [2.24, 2.45) is 0 Å². The third-order valence-electron chi connectivity index (χ3n) is 2.85. The minimum atomic E-state index is -0.152. The van der Waals surface area contributed by atoms with Gasteiger partial charge in [-0.15, -0.1) is 23.2 Å². The van der Waals surface area contributed by atoms with Crippen molar-refractivity contribution in [1.29, 1.82) is 0 Å². The first kappa shape index (κ1) is 14.2. The van der Waals surface area contributed by atoms with Gasteiger partial charge in [0.15, 0.2) is 0 Å². The summed E-state index contributed by atoms with van der Waals surface area (Å²) < 4.78 is 6.12. The lowest BCUT2D eigenvalue weighted by molar-refractivity contribution is 0.0959. The number of hydrogen-bond acceptors (Lipinski definition) is 4. The van der Waals surface area contributed by atoms with E-state index >= 15 is 0 Å². The summed E-state index contributed by atoms with van der Waals surface area (Å²) >= 11 is 1.37. The maximum Gasteiger partial charge on any atom is 0.263 e. The minimum Gasteiger partial charge on any atom is -0.497 e. The van der Waals surface area contributed by atoms with Crippen LogP contribution < -0.4 is 15.8 Å². The number of fused-ring (bicyclic) bond motifs is 1. The van der Waals surface area contributed by atoms with E-state index in [4.69, 9.17) is 10.5 Å². The van der Waals surface area contributed by atoms with E-state index in [0.29, 0.717) is 23.5 Å². The Balaban J connectivity index is 2.22. The predicted octanol–water partition coefficient (Wildman–Crippen LogP) is 2.64. The molecule has 0 unspecified atom stereocenters. The number of anilines is 1. The quantitative estimate of drug-likeness (QED) is 0.671. The second-order valence-corrected chi connectivity index (χ2v) is 5.19. The maximum atomic E-state index is 12.1. The number of thiophene rings is 1. The Bertz CT molecular complexity index is 695. The number of nitrogens with one attached hydrogen (secondary N) is 1. The Morgan fingerprint density at radius 1 is 1.50 bits per heavy atom. The summed E-state index contributed by atoms with van der Waals surface area (Å²) in [6, 6.07) is 5.60. The lowest BCUT2D eigenvalue weighted by Gasteiger charge is -2.01. The van der Waals surface area contributed by atoms with E-state index in [1.807, 2.05) is 18.2 Å². The average Bonchev–Trinajstić information content (AvgIpc) is 2.80. The lowest BCUT2D eigenvalue weighted by Crippen LogP contribution is -2.24. The number of benzene rings is 1. The highest BCUT2D eigenvalue weighted by molar-refractivity contribution is 7.21. The van der Waals surface area contributed by atoms with Crippen molar-refractivity contribution in [2.45, 2.75) is 13.3 Å². The molecular formula is C15H16N2O2S. The fraction of sp³-hybridized carbons (Fsp3) is 0.267. The standard InChI is InChI=1S/C15H16N2O2S/c1-3-4-5-8-17-15(18)14-13(16)11-7-6-10(19-2)9-12(11)20-14/h6-7,9H,5,8,16H2,1-2H3,(H,17,18). The van der Waals surface area contributed by atoms with Crippen molar-refractivity contribution in [3.8, 4) is 17.6 Å². The van der Waals surface area contributed by atoms with E-state index in [1.54, 1.807) is 14.0 Å². The normalized spacial score (nSPS) is 9.90. The van der Waals surface area contributed by atoms with Gasteiger partial charge in [-0.25, -0.2) is 0 Å². The molecule has 5 heteroatoms. The second kappa shape index (κ2) is 6.31. The van der Waals surface area contributed by atoms with Crippen molar-refractivity contribution < 1.29 is 9.53 Å². The molecule has 0 aliphatic rings. The maximum absolute atomic E-state index is 12.1. The third-order valence-corrected chi connectivity index (χ3v) is 4.02. The molecule has 2 rings (SSSR count). The molecule has 1 amide bonds. The van der Waals surface area contributed by atoms with Crippen LogP contribution in [0.5, 0.6) is 5.75 Å². The lowest BCUT2D eigenvalue weighted by atomic mass is 10.2. The summed E-state index contributed by atoms with van der Waals surface area (Å²) in [5, 5.41) is 3.71. The molecule has 0 saturated heterocycles. The Labute approximate surface area is 121 Å². The van der Waals surface area contributed by atoms with Crippen molar-refractivity contribution in [1.82, 2.24) is 5.32 Å². The smallest absolute Gasteiger partial charge is 0.263 e. The number of carbonyl (C=O) groups excluding carboxylic acids is 1. The van der Waals surface area contributed by atoms with Crippen LogP contribution >= 0.6 is 11.3 Å². The van der Waals surface area contributed by atoms with E-state index in [2.05, 4.69) is 17.2 Å². The first-order chi connectivity index (χ1) is 9.67. The highest BCUT2D eigenvalue weighted by atomic mass is 32.1. The van der Waals surface area contributed by atoms with Crippen LogP contribution in [0.2, 0.25) is 0 Å². The number of carbonyl (C=O) groups is 1. The first-order valence-electron chi connectivity index (χ1n) is 6.21. The monoisotopic (exact) mass is 288 g/mol. The Hall–Kier alpha value is -2.19. The number of nitrogens with two attached hydrogens (primary N) is 1. The van der Waals surface area contributed by atoms with Crippen molar-refractivity contribution in [3.05, 3.63) is 23.1 Å². The van der Waals surface area contributed by atoms with Crippen LogP contribution in [0.25, 0.3) is 10.1 Å². The summed E-state index contributed by atoms with van der Waals surface area (Å²) in [5.41, 5.74) is 6.56. The Kier molecular flexibility index (Phi) is 4.49. The fourth-order valence-corrected chi connectivity index (χ4v) is 2.90. The van der Waals surface area contributed by atoms with Gasteiger partial charge in [0.1, 0.15) is 10.6 Å². The number of amides is 1. The van der Waals surface area contributed by atoms with Gasteiger partial charge in [-0.1, -0.05) is 0 Å². The summed E-state index contributed by atoms with van der Waals surface area (Å²) in [6.07, 6.45) is 0.640. The van der Waals surface area contributed by atoms with E-state index in [-0.39, 0.29) is 5.91 Å². The van der Waals surface area contributed by atoms with Gasteiger partial charge >= 0.3 is 0 Å². The summed E-state index contributed by atoms with van der Waals surface area (Å²) in [5.74, 6) is 6.29. The van der Waals surface area contributed by atoms with Crippen LogP contribution in [0.4, 0.5) is 5.69 Å². The van der Waals surface area contributed by atoms with Crippen LogP contribution in [0.3, 0.4) is 0 Å². The number of ether oxygens (including phenoxy) is 1. The molecule has 20 heavy (non-hydrogen) atoms. The number of nitrogen functional groups attached to an aromatic ring is 1. The van der Waals surface area contributed by atoms with Gasteiger partial charge in [-0.2, -0.15) is 0 Å². The molecule has 0 saturated carbocycles. The molecule has 0 aliphatic carbocycles. The molecule has 0 aliphatic heterocycles. The van der Waals surface area contributed by atoms with Gasteiger partial charge in [0, 0.05) is 23.1 Å².